The Bertz CT molecular complexity index is 1160. The zero-order valence-electron chi connectivity index (χ0n) is 17.4. The molecule has 4 atom stereocenters. The normalized spacial score (nSPS) is 24.7. The Kier molecular flexibility index (Phi) is 5.45. The lowest BCUT2D eigenvalue weighted by atomic mass is 9.82. The van der Waals surface area contributed by atoms with Gasteiger partial charge >= 0.3 is 0 Å². The van der Waals surface area contributed by atoms with E-state index in [-0.39, 0.29) is 23.7 Å². The Morgan fingerprint density at radius 2 is 2.12 bits per heavy atom. The van der Waals surface area contributed by atoms with Gasteiger partial charge in [-0.15, -0.1) is 21.5 Å². The molecule has 10 heteroatoms. The highest BCUT2D eigenvalue weighted by Gasteiger charge is 2.42. The van der Waals surface area contributed by atoms with Gasteiger partial charge in [0.05, 0.1) is 22.7 Å². The minimum atomic E-state index is -0.970. The van der Waals surface area contributed by atoms with Crippen molar-refractivity contribution in [3.63, 3.8) is 0 Å². The molecule has 4 heterocycles. The van der Waals surface area contributed by atoms with Gasteiger partial charge in [-0.2, -0.15) is 5.26 Å². The predicted octanol–water partition coefficient (Wildman–Crippen LogP) is 3.30. The molecular weight excluding hydrogens is 429 g/mol. The summed E-state index contributed by atoms with van der Waals surface area (Å²) in [6, 6.07) is 7.09. The molecule has 3 aromatic rings. The summed E-state index contributed by atoms with van der Waals surface area (Å²) in [5, 5.41) is 31.7. The predicted molar refractivity (Wildman–Crippen MR) is 119 cm³/mol. The summed E-state index contributed by atoms with van der Waals surface area (Å²) < 4.78 is 15.0. The highest BCUT2D eigenvalue weighted by atomic mass is 32.1. The summed E-state index contributed by atoms with van der Waals surface area (Å²) >= 11 is 1.25. The highest BCUT2D eigenvalue weighted by Crippen LogP contribution is 2.35. The van der Waals surface area contributed by atoms with E-state index in [1.165, 1.54) is 11.3 Å². The second-order valence-electron chi connectivity index (χ2n) is 8.27. The molecule has 2 aliphatic heterocycles. The quantitative estimate of drug-likeness (QED) is 0.622. The molecule has 0 radical (unpaired) electrons. The van der Waals surface area contributed by atoms with Crippen LogP contribution in [0.2, 0.25) is 0 Å². The minimum absolute atomic E-state index is 0.00677. The summed E-state index contributed by atoms with van der Waals surface area (Å²) in [5.41, 5.74) is 1.19. The van der Waals surface area contributed by atoms with E-state index in [0.717, 1.165) is 36.1 Å². The molecule has 164 valence electrons. The number of aromatic nitrogens is 4. The molecule has 1 aromatic carbocycles. The van der Waals surface area contributed by atoms with Crippen LogP contribution in [0.1, 0.15) is 30.7 Å². The molecule has 8 nitrogen and oxygen atoms in total. The number of alkyl halides is 1. The van der Waals surface area contributed by atoms with Gasteiger partial charge in [0, 0.05) is 25.3 Å². The SMILES string of the molecule is CN(c1cnc(-c2ccc(-c3cnc(C#N)s3)cc2O)nn1)[C@H]1C[C@@H]2CCC[C@@H](N2)[C@H]1F. The van der Waals surface area contributed by atoms with E-state index in [1.54, 1.807) is 24.5 Å². The highest BCUT2D eigenvalue weighted by molar-refractivity contribution is 7.15. The number of piperidine rings is 2. The molecule has 2 saturated heterocycles. The molecule has 0 aliphatic carbocycles. The topological polar surface area (TPSA) is 111 Å². The number of rotatable bonds is 4. The molecule has 2 N–H and O–H groups in total. The third-order valence-corrected chi connectivity index (χ3v) is 7.28. The Morgan fingerprint density at radius 1 is 1.25 bits per heavy atom. The Hall–Kier alpha value is -3.16. The lowest BCUT2D eigenvalue weighted by molar-refractivity contribution is 0.107. The molecule has 0 unspecified atom stereocenters. The van der Waals surface area contributed by atoms with Gasteiger partial charge in [-0.25, -0.2) is 14.4 Å². The third-order valence-electron chi connectivity index (χ3n) is 6.33. The Balaban J connectivity index is 1.35. The number of hydrogen-bond donors (Lipinski definition) is 2. The molecule has 5 rings (SSSR count). The molecule has 0 spiro atoms. The van der Waals surface area contributed by atoms with Crippen LogP contribution < -0.4 is 10.2 Å². The van der Waals surface area contributed by atoms with Gasteiger partial charge in [-0.1, -0.05) is 12.5 Å². The van der Waals surface area contributed by atoms with Crippen molar-refractivity contribution in [2.45, 2.75) is 50.0 Å². The van der Waals surface area contributed by atoms with E-state index in [1.807, 2.05) is 24.1 Å². The van der Waals surface area contributed by atoms with Gasteiger partial charge in [0.15, 0.2) is 16.6 Å². The number of anilines is 1. The fraction of sp³-hybridized carbons (Fsp3) is 0.409. The maximum atomic E-state index is 15.0. The number of benzene rings is 1. The number of thiazole rings is 1. The van der Waals surface area contributed by atoms with Crippen molar-refractivity contribution in [2.75, 3.05) is 11.9 Å². The molecule has 2 fully saturated rings. The van der Waals surface area contributed by atoms with Crippen LogP contribution >= 0.6 is 11.3 Å². The number of nitrogens with one attached hydrogen (secondary N) is 1. The number of phenols is 1. The third kappa shape index (κ3) is 3.78. The van der Waals surface area contributed by atoms with Crippen LogP contribution in [0.25, 0.3) is 21.8 Å². The zero-order chi connectivity index (χ0) is 22.2. The van der Waals surface area contributed by atoms with Crippen LogP contribution in [0.3, 0.4) is 0 Å². The number of fused-ring (bicyclic) bond motifs is 2. The van der Waals surface area contributed by atoms with E-state index in [0.29, 0.717) is 22.4 Å². The van der Waals surface area contributed by atoms with Gasteiger partial charge < -0.3 is 15.3 Å². The molecular formula is C22H22FN7OS. The zero-order valence-corrected chi connectivity index (χ0v) is 18.3. The average molecular weight is 452 g/mol. The first kappa shape index (κ1) is 20.7. The smallest absolute Gasteiger partial charge is 0.194 e. The number of phenolic OH excluding ortho intramolecular Hbond substituents is 1. The van der Waals surface area contributed by atoms with Crippen LogP contribution in [-0.2, 0) is 0 Å². The van der Waals surface area contributed by atoms with Crippen LogP contribution in [0.5, 0.6) is 5.75 Å². The number of nitriles is 1. The fourth-order valence-corrected chi connectivity index (χ4v) is 5.32. The largest absolute Gasteiger partial charge is 0.507 e. The van der Waals surface area contributed by atoms with Gasteiger partial charge in [0.2, 0.25) is 0 Å². The molecule has 2 aromatic heterocycles. The van der Waals surface area contributed by atoms with Gasteiger partial charge in [-0.3, -0.25) is 0 Å². The van der Waals surface area contributed by atoms with Crippen molar-refractivity contribution in [2.24, 2.45) is 0 Å². The standard InChI is InChI=1S/C22H22FN7OS/c1-30(16-8-13-3-2-4-15(27-13)21(16)23)19-11-26-22(29-28-19)14-6-5-12(7-17(14)31)18-10-25-20(9-24)32-18/h5-7,10-11,13,15-16,21,27,31H,2-4,8H2,1H3/t13-,15+,16-,21+/m0/s1. The van der Waals surface area contributed by atoms with Crippen molar-refractivity contribution >= 4 is 17.2 Å². The maximum absolute atomic E-state index is 15.0. The maximum Gasteiger partial charge on any atom is 0.194 e. The second kappa shape index (κ2) is 8.41. The number of halogens is 1. The molecule has 0 saturated carbocycles. The first-order valence-corrected chi connectivity index (χ1v) is 11.4. The molecule has 32 heavy (non-hydrogen) atoms. The average Bonchev–Trinajstić information content (AvgIpc) is 3.31. The van der Waals surface area contributed by atoms with Crippen molar-refractivity contribution in [3.05, 3.63) is 35.6 Å². The van der Waals surface area contributed by atoms with Crippen LogP contribution in [0, 0.1) is 11.3 Å². The fourth-order valence-electron chi connectivity index (χ4n) is 4.61. The lowest BCUT2D eigenvalue weighted by Crippen LogP contribution is -2.61. The second-order valence-corrected chi connectivity index (χ2v) is 9.30. The van der Waals surface area contributed by atoms with E-state index in [9.17, 15) is 5.11 Å². The van der Waals surface area contributed by atoms with Crippen LogP contribution in [0.15, 0.2) is 30.6 Å². The van der Waals surface area contributed by atoms with E-state index in [4.69, 9.17) is 5.26 Å². The Labute approximate surface area is 188 Å². The summed E-state index contributed by atoms with van der Waals surface area (Å²) in [4.78, 5) is 11.0. The van der Waals surface area contributed by atoms with Crippen molar-refractivity contribution in [3.8, 4) is 33.6 Å². The monoisotopic (exact) mass is 451 g/mol. The molecule has 2 aliphatic rings. The van der Waals surface area contributed by atoms with Crippen molar-refractivity contribution < 1.29 is 9.50 Å². The Morgan fingerprint density at radius 3 is 2.84 bits per heavy atom. The van der Waals surface area contributed by atoms with Crippen molar-refractivity contribution in [1.29, 1.82) is 5.26 Å². The van der Waals surface area contributed by atoms with E-state index in [2.05, 4.69) is 25.5 Å². The molecule has 2 bridgehead atoms. The van der Waals surface area contributed by atoms with Gasteiger partial charge in [-0.05, 0) is 37.0 Å². The summed E-state index contributed by atoms with van der Waals surface area (Å²) in [7, 11) is 1.83. The summed E-state index contributed by atoms with van der Waals surface area (Å²) in [6.07, 6.45) is 5.94. The van der Waals surface area contributed by atoms with Gasteiger partial charge in [0.25, 0.3) is 0 Å². The number of hydrogen-bond acceptors (Lipinski definition) is 9. The summed E-state index contributed by atoms with van der Waals surface area (Å²) in [6.45, 7) is 0. The van der Waals surface area contributed by atoms with Crippen LogP contribution in [-0.4, -0.2) is 56.6 Å². The van der Waals surface area contributed by atoms with E-state index >= 15 is 4.39 Å². The van der Waals surface area contributed by atoms with E-state index < -0.39 is 6.17 Å². The number of aromatic hydroxyl groups is 1. The molecule has 0 amide bonds. The van der Waals surface area contributed by atoms with Crippen LogP contribution in [0.4, 0.5) is 10.2 Å². The summed E-state index contributed by atoms with van der Waals surface area (Å²) in [5.74, 6) is 0.797. The minimum Gasteiger partial charge on any atom is -0.507 e. The van der Waals surface area contributed by atoms with Gasteiger partial charge in [0.1, 0.15) is 18.0 Å². The van der Waals surface area contributed by atoms with Crippen molar-refractivity contribution in [1.82, 2.24) is 25.5 Å². The first-order valence-electron chi connectivity index (χ1n) is 10.6. The number of nitrogens with zero attached hydrogens (tertiary/aromatic N) is 6. The lowest BCUT2D eigenvalue weighted by Gasteiger charge is -2.45. The first-order chi connectivity index (χ1) is 15.5.